The zero-order valence-corrected chi connectivity index (χ0v) is 21.5. The number of hydrogen-bond acceptors (Lipinski definition) is 11. The number of esters is 1. The highest BCUT2D eigenvalue weighted by molar-refractivity contribution is 6.05. The monoisotopic (exact) mass is 527 g/mol. The van der Waals surface area contributed by atoms with Gasteiger partial charge in [-0.25, -0.2) is 14.8 Å². The molecule has 3 heterocycles. The van der Waals surface area contributed by atoms with Gasteiger partial charge in [-0.1, -0.05) is 19.1 Å². The van der Waals surface area contributed by atoms with E-state index in [0.29, 0.717) is 46.0 Å². The Kier molecular flexibility index (Phi) is 8.75. The van der Waals surface area contributed by atoms with Gasteiger partial charge in [-0.15, -0.1) is 0 Å². The van der Waals surface area contributed by atoms with Crippen molar-refractivity contribution in [3.63, 3.8) is 0 Å². The van der Waals surface area contributed by atoms with Crippen molar-refractivity contribution in [3.05, 3.63) is 53.3 Å². The minimum Gasteiger partial charge on any atom is -0.492 e. The van der Waals surface area contributed by atoms with Crippen LogP contribution in [0, 0.1) is 6.92 Å². The highest BCUT2D eigenvalue weighted by atomic mass is 16.5. The van der Waals surface area contributed by atoms with Crippen LogP contribution in [0.2, 0.25) is 0 Å². The smallest absolute Gasteiger partial charge is 0.341 e. The summed E-state index contributed by atoms with van der Waals surface area (Å²) in [5.74, 6) is 0.0436. The van der Waals surface area contributed by atoms with Crippen molar-refractivity contribution in [2.45, 2.75) is 57.7 Å². The number of hydrogen-bond donors (Lipinski definition) is 5. The lowest BCUT2D eigenvalue weighted by Crippen LogP contribution is -2.55. The molecule has 5 atom stereocenters. The number of ether oxygens (including phenoxy) is 3. The molecule has 2 aromatic heterocycles. The van der Waals surface area contributed by atoms with Crippen molar-refractivity contribution < 1.29 is 39.4 Å². The van der Waals surface area contributed by atoms with E-state index in [2.05, 4.69) is 15.3 Å². The summed E-state index contributed by atoms with van der Waals surface area (Å²) in [5, 5.41) is 43.9. The van der Waals surface area contributed by atoms with E-state index in [0.717, 1.165) is 6.42 Å². The van der Waals surface area contributed by atoms with Gasteiger partial charge in [-0.2, -0.15) is 0 Å². The third-order valence-electron chi connectivity index (χ3n) is 6.36. The van der Waals surface area contributed by atoms with Crippen LogP contribution in [-0.2, 0) is 9.47 Å². The topological polar surface area (TPSA) is 163 Å². The Morgan fingerprint density at radius 2 is 1.84 bits per heavy atom. The zero-order valence-electron chi connectivity index (χ0n) is 21.5. The van der Waals surface area contributed by atoms with Gasteiger partial charge in [0.15, 0.2) is 5.65 Å². The van der Waals surface area contributed by atoms with Gasteiger partial charge in [0.2, 0.25) is 0 Å². The standard InChI is InChI=1S/C27H33N3O8/c1-4-10-37-19-11-17-21(18(27(35)36-5-2)12-28-26(17)29-14(19)3)30-16-8-6-15(7-9-16)25-24(34)23(33)22(32)20(13-31)38-25/h6-9,11-12,20,22-25,31-34H,4-5,10,13H2,1-3H3,(H,28,29,30)/t20-,22+,23+,24-,25+/m1/s1. The van der Waals surface area contributed by atoms with Crippen LogP contribution in [-0.4, -0.2) is 80.6 Å². The van der Waals surface area contributed by atoms with Crippen LogP contribution < -0.4 is 10.1 Å². The predicted molar refractivity (Wildman–Crippen MR) is 138 cm³/mol. The first-order chi connectivity index (χ1) is 18.3. The first kappa shape index (κ1) is 27.7. The van der Waals surface area contributed by atoms with Gasteiger partial charge in [0, 0.05) is 17.3 Å². The Balaban J connectivity index is 1.70. The molecule has 0 spiro atoms. The minimum absolute atomic E-state index is 0.196. The van der Waals surface area contributed by atoms with Gasteiger partial charge in [0.05, 0.1) is 31.2 Å². The zero-order chi connectivity index (χ0) is 27.4. The van der Waals surface area contributed by atoms with E-state index in [4.69, 9.17) is 14.2 Å². The molecule has 0 amide bonds. The van der Waals surface area contributed by atoms with Crippen LogP contribution in [0.15, 0.2) is 36.5 Å². The van der Waals surface area contributed by atoms with E-state index in [9.17, 15) is 25.2 Å². The molecule has 0 radical (unpaired) electrons. The molecule has 1 aromatic carbocycles. The van der Waals surface area contributed by atoms with E-state index in [-0.39, 0.29) is 12.2 Å². The highest BCUT2D eigenvalue weighted by Crippen LogP contribution is 2.35. The van der Waals surface area contributed by atoms with Gasteiger partial charge < -0.3 is 40.0 Å². The Hall–Kier alpha value is -3.35. The van der Waals surface area contributed by atoms with Crippen molar-refractivity contribution >= 4 is 28.4 Å². The Labute approximate surface area is 220 Å². The summed E-state index contributed by atoms with van der Waals surface area (Å²) in [6.45, 7) is 5.76. The number of benzene rings is 1. The second-order valence-corrected chi connectivity index (χ2v) is 9.06. The highest BCUT2D eigenvalue weighted by Gasteiger charge is 2.43. The molecule has 1 aliphatic heterocycles. The second-order valence-electron chi connectivity index (χ2n) is 9.06. The number of anilines is 2. The SMILES string of the molecule is CCCOc1cc2c(Nc3ccc([C@@H]4O[C@H](CO)[C@H](O)[C@H](O)[C@H]4O)cc3)c(C(=O)OCC)cnc2nc1C. The number of carbonyl (C=O) groups excluding carboxylic acids is 1. The quantitative estimate of drug-likeness (QED) is 0.259. The maximum absolute atomic E-state index is 12.8. The summed E-state index contributed by atoms with van der Waals surface area (Å²) >= 11 is 0. The lowest BCUT2D eigenvalue weighted by molar-refractivity contribution is -0.231. The number of pyridine rings is 2. The molecule has 1 saturated heterocycles. The fourth-order valence-corrected chi connectivity index (χ4v) is 4.33. The van der Waals surface area contributed by atoms with Gasteiger partial charge in [-0.3, -0.25) is 0 Å². The molecular weight excluding hydrogens is 494 g/mol. The Morgan fingerprint density at radius 1 is 1.11 bits per heavy atom. The summed E-state index contributed by atoms with van der Waals surface area (Å²) in [6.07, 6.45) is -4.01. The Morgan fingerprint density at radius 3 is 2.50 bits per heavy atom. The molecule has 11 heteroatoms. The van der Waals surface area contributed by atoms with Crippen LogP contribution in [0.5, 0.6) is 5.75 Å². The number of aryl methyl sites for hydroxylation is 1. The number of aliphatic hydroxyl groups excluding tert-OH is 4. The summed E-state index contributed by atoms with van der Waals surface area (Å²) in [5.41, 5.74) is 2.92. The maximum Gasteiger partial charge on any atom is 0.341 e. The Bertz CT molecular complexity index is 1270. The third kappa shape index (κ3) is 5.57. The molecule has 5 N–H and O–H groups in total. The van der Waals surface area contributed by atoms with Crippen LogP contribution in [0.3, 0.4) is 0 Å². The van der Waals surface area contributed by atoms with Crippen molar-refractivity contribution in [1.29, 1.82) is 0 Å². The van der Waals surface area contributed by atoms with Crippen LogP contribution in [0.25, 0.3) is 11.0 Å². The number of nitrogens with one attached hydrogen (secondary N) is 1. The van der Waals surface area contributed by atoms with Gasteiger partial charge >= 0.3 is 5.97 Å². The largest absolute Gasteiger partial charge is 0.492 e. The fraction of sp³-hybridized carbons (Fsp3) is 0.444. The number of fused-ring (bicyclic) bond motifs is 1. The van der Waals surface area contributed by atoms with Crippen molar-refractivity contribution in [1.82, 2.24) is 9.97 Å². The molecule has 0 aliphatic carbocycles. The fourth-order valence-electron chi connectivity index (χ4n) is 4.33. The van der Waals surface area contributed by atoms with Crippen LogP contribution >= 0.6 is 0 Å². The normalized spacial score (nSPS) is 23.3. The third-order valence-corrected chi connectivity index (χ3v) is 6.36. The van der Waals surface area contributed by atoms with Crippen molar-refractivity contribution in [2.24, 2.45) is 0 Å². The molecule has 1 fully saturated rings. The molecule has 204 valence electrons. The van der Waals surface area contributed by atoms with Crippen molar-refractivity contribution in [2.75, 3.05) is 25.1 Å². The molecular formula is C27H33N3O8. The average molecular weight is 528 g/mol. The predicted octanol–water partition coefficient (Wildman–Crippen LogP) is 2.16. The molecule has 0 saturated carbocycles. The number of nitrogens with zero attached hydrogens (tertiary/aromatic N) is 2. The molecule has 3 aromatic rings. The van der Waals surface area contributed by atoms with E-state index in [1.165, 1.54) is 6.20 Å². The van der Waals surface area contributed by atoms with Crippen LogP contribution in [0.1, 0.15) is 48.0 Å². The molecule has 0 bridgehead atoms. The first-order valence-corrected chi connectivity index (χ1v) is 12.6. The lowest BCUT2D eigenvalue weighted by atomic mass is 9.91. The van der Waals surface area contributed by atoms with E-state index < -0.39 is 43.1 Å². The van der Waals surface area contributed by atoms with E-state index in [1.807, 2.05) is 13.8 Å². The summed E-state index contributed by atoms with van der Waals surface area (Å²) < 4.78 is 16.7. The molecule has 11 nitrogen and oxygen atoms in total. The summed E-state index contributed by atoms with van der Waals surface area (Å²) in [6, 6.07) is 8.59. The van der Waals surface area contributed by atoms with Crippen molar-refractivity contribution in [3.8, 4) is 5.75 Å². The minimum atomic E-state index is -1.47. The van der Waals surface area contributed by atoms with Gasteiger partial charge in [-0.05, 0) is 44.0 Å². The molecule has 38 heavy (non-hydrogen) atoms. The van der Waals surface area contributed by atoms with Crippen LogP contribution in [0.4, 0.5) is 11.4 Å². The van der Waals surface area contributed by atoms with E-state index >= 15 is 0 Å². The molecule has 1 aliphatic rings. The average Bonchev–Trinajstić information content (AvgIpc) is 2.91. The number of aromatic nitrogens is 2. The molecule has 4 rings (SSSR count). The number of rotatable bonds is 9. The summed E-state index contributed by atoms with van der Waals surface area (Å²) in [7, 11) is 0. The van der Waals surface area contributed by atoms with Gasteiger partial charge in [0.1, 0.15) is 41.8 Å². The summed E-state index contributed by atoms with van der Waals surface area (Å²) in [4.78, 5) is 21.7. The maximum atomic E-state index is 12.8. The molecule has 0 unspecified atom stereocenters. The number of aliphatic hydroxyl groups is 4. The van der Waals surface area contributed by atoms with E-state index in [1.54, 1.807) is 37.3 Å². The second kappa shape index (κ2) is 12.0. The van der Waals surface area contributed by atoms with Gasteiger partial charge in [0.25, 0.3) is 0 Å². The lowest BCUT2D eigenvalue weighted by Gasteiger charge is -2.40. The first-order valence-electron chi connectivity index (χ1n) is 12.6. The number of carbonyl (C=O) groups is 1.